The molecule has 1 saturated heterocycles. The van der Waals surface area contributed by atoms with Gasteiger partial charge in [-0.15, -0.1) is 0 Å². The van der Waals surface area contributed by atoms with Gasteiger partial charge < -0.3 is 9.47 Å². The van der Waals surface area contributed by atoms with Crippen molar-refractivity contribution in [2.45, 2.75) is 40.7 Å². The monoisotopic (exact) mass is 252 g/mol. The largest absolute Gasteiger partial charge is 0.465 e. The zero-order valence-electron chi connectivity index (χ0n) is 12.0. The Morgan fingerprint density at radius 1 is 1.50 bits per heavy atom. The summed E-state index contributed by atoms with van der Waals surface area (Å²) in [6.45, 7) is 11.4. The lowest BCUT2D eigenvalue weighted by atomic mass is 9.56. The van der Waals surface area contributed by atoms with Gasteiger partial charge in [-0.3, -0.25) is 4.79 Å². The van der Waals surface area contributed by atoms with E-state index in [1.165, 1.54) is 12.5 Å². The molecule has 0 aromatic carbocycles. The summed E-state index contributed by atoms with van der Waals surface area (Å²) in [5.41, 5.74) is 1.36. The molecule has 2 aliphatic rings. The fourth-order valence-electron chi connectivity index (χ4n) is 3.81. The van der Waals surface area contributed by atoms with Crippen LogP contribution >= 0.6 is 0 Å². The molecule has 1 aliphatic heterocycles. The van der Waals surface area contributed by atoms with Crippen LogP contribution in [0.3, 0.4) is 0 Å². The second-order valence-electron chi connectivity index (χ2n) is 6.04. The highest BCUT2D eigenvalue weighted by Gasteiger charge is 2.53. The molecular weight excluding hydrogens is 228 g/mol. The summed E-state index contributed by atoms with van der Waals surface area (Å²) in [6.07, 6.45) is 2.60. The van der Waals surface area contributed by atoms with Gasteiger partial charge in [0.2, 0.25) is 0 Å². The Balaban J connectivity index is 2.31. The topological polar surface area (TPSA) is 35.5 Å². The maximum Gasteiger partial charge on any atom is 0.302 e. The van der Waals surface area contributed by atoms with Gasteiger partial charge in [0.25, 0.3) is 0 Å². The van der Waals surface area contributed by atoms with Crippen molar-refractivity contribution < 1.29 is 14.3 Å². The molecule has 5 atom stereocenters. The van der Waals surface area contributed by atoms with Crippen molar-refractivity contribution in [3.8, 4) is 0 Å². The van der Waals surface area contributed by atoms with Crippen molar-refractivity contribution in [2.24, 2.45) is 23.2 Å². The van der Waals surface area contributed by atoms with Gasteiger partial charge >= 0.3 is 5.97 Å². The second-order valence-corrected chi connectivity index (χ2v) is 6.04. The molecule has 3 heteroatoms. The van der Waals surface area contributed by atoms with Crippen LogP contribution in [-0.2, 0) is 14.3 Å². The number of allylic oxidation sites excluding steroid dienone is 1. The fourth-order valence-corrected chi connectivity index (χ4v) is 3.81. The predicted molar refractivity (Wildman–Crippen MR) is 70.1 cm³/mol. The molecular formula is C15H24O3. The summed E-state index contributed by atoms with van der Waals surface area (Å²) in [5, 5.41) is 0. The zero-order valence-corrected chi connectivity index (χ0v) is 12.0. The van der Waals surface area contributed by atoms with E-state index in [1.807, 2.05) is 0 Å². The van der Waals surface area contributed by atoms with Gasteiger partial charge in [-0.1, -0.05) is 25.5 Å². The van der Waals surface area contributed by atoms with Crippen molar-refractivity contribution in [3.05, 3.63) is 11.6 Å². The molecule has 1 fully saturated rings. The van der Waals surface area contributed by atoms with Crippen molar-refractivity contribution in [1.82, 2.24) is 0 Å². The molecule has 18 heavy (non-hydrogen) atoms. The Bertz CT molecular complexity index is 374. The number of hydrogen-bond acceptors (Lipinski definition) is 3. The van der Waals surface area contributed by atoms with E-state index in [2.05, 4.69) is 33.8 Å². The highest BCUT2D eigenvalue weighted by Crippen LogP contribution is 2.52. The van der Waals surface area contributed by atoms with Crippen molar-refractivity contribution in [1.29, 1.82) is 0 Å². The third-order valence-electron chi connectivity index (χ3n) is 5.06. The smallest absolute Gasteiger partial charge is 0.302 e. The van der Waals surface area contributed by atoms with Crippen LogP contribution in [-0.4, -0.2) is 25.3 Å². The van der Waals surface area contributed by atoms with Crippen molar-refractivity contribution in [3.63, 3.8) is 0 Å². The summed E-state index contributed by atoms with van der Waals surface area (Å²) >= 11 is 0. The maximum absolute atomic E-state index is 11.1. The van der Waals surface area contributed by atoms with E-state index in [9.17, 15) is 4.79 Å². The molecule has 0 spiro atoms. The summed E-state index contributed by atoms with van der Waals surface area (Å²) in [4.78, 5) is 11.1. The number of rotatable bonds is 2. The molecule has 0 aromatic heterocycles. The molecule has 102 valence electrons. The Labute approximate surface area is 110 Å². The Hall–Kier alpha value is -0.830. The highest BCUT2D eigenvalue weighted by molar-refractivity contribution is 5.65. The van der Waals surface area contributed by atoms with Crippen LogP contribution in [0.1, 0.15) is 34.6 Å². The van der Waals surface area contributed by atoms with Crippen LogP contribution in [0.5, 0.6) is 0 Å². The van der Waals surface area contributed by atoms with Crippen molar-refractivity contribution >= 4 is 5.97 Å². The van der Waals surface area contributed by atoms with Gasteiger partial charge in [0.15, 0.2) is 0 Å². The first-order valence-electron chi connectivity index (χ1n) is 6.82. The molecule has 0 aromatic rings. The molecule has 0 amide bonds. The predicted octanol–water partition coefficient (Wildman–Crippen LogP) is 2.80. The summed E-state index contributed by atoms with van der Waals surface area (Å²) in [6, 6.07) is 0. The first-order chi connectivity index (χ1) is 8.38. The molecule has 1 heterocycles. The van der Waals surface area contributed by atoms with E-state index in [-0.39, 0.29) is 17.5 Å². The standard InChI is InChI=1S/C15H24O3/c1-9-6-10(2)15(8-18-13(5)16)7-17-12(4)14(9)11(15)3/h6,10-12,14H,7-8H2,1-5H3/t10-,11-,12+,14-,15-/m0/s1. The van der Waals surface area contributed by atoms with Crippen LogP contribution in [0, 0.1) is 23.2 Å². The average Bonchev–Trinajstić information content (AvgIpc) is 2.26. The van der Waals surface area contributed by atoms with Crippen LogP contribution in [0.25, 0.3) is 0 Å². The molecule has 0 unspecified atom stereocenters. The normalized spacial score (nSPS) is 43.3. The molecule has 0 saturated carbocycles. The maximum atomic E-state index is 11.1. The number of carbonyl (C=O) groups excluding carboxylic acids is 1. The number of esters is 1. The number of carbonyl (C=O) groups is 1. The summed E-state index contributed by atoms with van der Waals surface area (Å²) in [5.74, 6) is 1.12. The fraction of sp³-hybridized carbons (Fsp3) is 0.800. The molecule has 0 radical (unpaired) electrons. The SMILES string of the molecule is CC(=O)OC[C@@]12CO[C@H](C)[C@@H](C(C)=C[C@@H]1C)[C@@H]2C. The molecule has 1 aliphatic carbocycles. The Morgan fingerprint density at radius 2 is 2.17 bits per heavy atom. The lowest BCUT2D eigenvalue weighted by Gasteiger charge is -2.54. The van der Waals surface area contributed by atoms with Gasteiger partial charge in [-0.25, -0.2) is 0 Å². The van der Waals surface area contributed by atoms with Gasteiger partial charge in [0.1, 0.15) is 0 Å². The molecule has 2 bridgehead atoms. The van der Waals surface area contributed by atoms with Crippen molar-refractivity contribution in [2.75, 3.05) is 13.2 Å². The first kappa shape index (κ1) is 13.6. The average molecular weight is 252 g/mol. The van der Waals surface area contributed by atoms with Crippen LogP contribution in [0.2, 0.25) is 0 Å². The van der Waals surface area contributed by atoms with E-state index >= 15 is 0 Å². The summed E-state index contributed by atoms with van der Waals surface area (Å²) < 4.78 is 11.3. The minimum atomic E-state index is -0.203. The third kappa shape index (κ3) is 1.99. The third-order valence-corrected chi connectivity index (χ3v) is 5.06. The Morgan fingerprint density at radius 3 is 2.78 bits per heavy atom. The van der Waals surface area contributed by atoms with Crippen LogP contribution < -0.4 is 0 Å². The van der Waals surface area contributed by atoms with E-state index in [0.29, 0.717) is 31.0 Å². The molecule has 0 N–H and O–H groups in total. The quantitative estimate of drug-likeness (QED) is 0.560. The van der Waals surface area contributed by atoms with Gasteiger partial charge in [-0.2, -0.15) is 0 Å². The zero-order chi connectivity index (χ0) is 13.5. The van der Waals surface area contributed by atoms with Crippen LogP contribution in [0.15, 0.2) is 11.6 Å². The second kappa shape index (κ2) is 4.69. The Kier molecular flexibility index (Phi) is 3.54. The highest BCUT2D eigenvalue weighted by atomic mass is 16.5. The van der Waals surface area contributed by atoms with Gasteiger partial charge in [-0.05, 0) is 25.7 Å². The minimum Gasteiger partial charge on any atom is -0.465 e. The first-order valence-corrected chi connectivity index (χ1v) is 6.82. The number of ether oxygens (including phenoxy) is 2. The lowest BCUT2D eigenvalue weighted by molar-refractivity contribution is -0.175. The van der Waals surface area contributed by atoms with Crippen LogP contribution in [0.4, 0.5) is 0 Å². The molecule has 2 rings (SSSR count). The van der Waals surface area contributed by atoms with Gasteiger partial charge in [0, 0.05) is 18.3 Å². The van der Waals surface area contributed by atoms with E-state index < -0.39 is 0 Å². The van der Waals surface area contributed by atoms with E-state index in [4.69, 9.17) is 9.47 Å². The molecule has 3 nitrogen and oxygen atoms in total. The van der Waals surface area contributed by atoms with Gasteiger partial charge in [0.05, 0.1) is 19.3 Å². The van der Waals surface area contributed by atoms with E-state index in [0.717, 1.165) is 0 Å². The minimum absolute atomic E-state index is 0.0532. The van der Waals surface area contributed by atoms with E-state index in [1.54, 1.807) is 0 Å². The number of hydrogen-bond donors (Lipinski definition) is 0. The lowest BCUT2D eigenvalue weighted by Crippen LogP contribution is -2.56. The number of fused-ring (bicyclic) bond motifs is 2. The summed E-state index contributed by atoms with van der Waals surface area (Å²) in [7, 11) is 0.